The molecule has 0 saturated carbocycles. The van der Waals surface area contributed by atoms with Gasteiger partial charge in [-0.25, -0.2) is 0 Å². The van der Waals surface area contributed by atoms with E-state index in [0.717, 1.165) is 35.5 Å². The molecule has 200 valence electrons. The predicted molar refractivity (Wildman–Crippen MR) is 169 cm³/mol. The number of rotatable bonds is 10. The standard InChI is InChI=1S/C36H36Cl2O/c1-25-11-17-35(31(19-25)9-5-7-29-13-15-33(23-37)27(3)21-29)39-36-18-12-26(2)20-32(36)10-6-8-30-14-16-34(24-38)28(4)22-30/h5-8,11-22H,9-10,23-24H2,1-4H3/b7-5+,8-6+. The molecule has 0 aromatic heterocycles. The zero-order valence-electron chi connectivity index (χ0n) is 23.2. The molecule has 4 aromatic carbocycles. The molecule has 4 aromatic rings. The van der Waals surface area contributed by atoms with Crippen molar-refractivity contribution in [3.8, 4) is 11.5 Å². The summed E-state index contributed by atoms with van der Waals surface area (Å²) in [4.78, 5) is 0. The number of halogens is 2. The molecule has 39 heavy (non-hydrogen) atoms. The van der Waals surface area contributed by atoms with E-state index in [0.29, 0.717) is 11.8 Å². The van der Waals surface area contributed by atoms with Crippen molar-refractivity contribution in [3.05, 3.63) is 141 Å². The van der Waals surface area contributed by atoms with Crippen LogP contribution in [0, 0.1) is 27.7 Å². The Bertz CT molecular complexity index is 1380. The van der Waals surface area contributed by atoms with E-state index in [-0.39, 0.29) is 0 Å². The smallest absolute Gasteiger partial charge is 0.130 e. The minimum atomic E-state index is 0.540. The minimum Gasteiger partial charge on any atom is -0.457 e. The Kier molecular flexibility index (Phi) is 10.1. The lowest BCUT2D eigenvalue weighted by Crippen LogP contribution is -1.96. The summed E-state index contributed by atoms with van der Waals surface area (Å²) in [5, 5.41) is 0. The van der Waals surface area contributed by atoms with E-state index < -0.39 is 0 Å². The molecule has 0 atom stereocenters. The van der Waals surface area contributed by atoms with Crippen LogP contribution >= 0.6 is 23.2 Å². The molecular weight excluding hydrogens is 519 g/mol. The van der Waals surface area contributed by atoms with Crippen molar-refractivity contribution >= 4 is 35.4 Å². The third-order valence-corrected chi connectivity index (χ3v) is 7.55. The molecule has 0 fully saturated rings. The van der Waals surface area contributed by atoms with Gasteiger partial charge in [-0.15, -0.1) is 23.2 Å². The summed E-state index contributed by atoms with van der Waals surface area (Å²) in [6, 6.07) is 25.6. The monoisotopic (exact) mass is 554 g/mol. The number of hydrogen-bond acceptors (Lipinski definition) is 1. The van der Waals surface area contributed by atoms with Crippen LogP contribution in [-0.4, -0.2) is 0 Å². The number of aryl methyl sites for hydroxylation is 4. The maximum Gasteiger partial charge on any atom is 0.130 e. The highest BCUT2D eigenvalue weighted by Gasteiger charge is 2.09. The largest absolute Gasteiger partial charge is 0.457 e. The Morgan fingerprint density at radius 2 is 0.974 bits per heavy atom. The molecule has 0 N–H and O–H groups in total. The van der Waals surface area contributed by atoms with Crippen molar-refractivity contribution in [1.82, 2.24) is 0 Å². The van der Waals surface area contributed by atoms with E-state index in [2.05, 4.69) is 125 Å². The van der Waals surface area contributed by atoms with E-state index in [1.165, 1.54) is 44.5 Å². The molecular formula is C36H36Cl2O. The summed E-state index contributed by atoms with van der Waals surface area (Å²) in [6.45, 7) is 8.45. The number of benzene rings is 4. The van der Waals surface area contributed by atoms with Crippen LogP contribution in [-0.2, 0) is 24.6 Å². The first-order chi connectivity index (χ1) is 18.9. The zero-order chi connectivity index (χ0) is 27.8. The number of hydrogen-bond donors (Lipinski definition) is 0. The van der Waals surface area contributed by atoms with Crippen molar-refractivity contribution < 1.29 is 4.74 Å². The van der Waals surface area contributed by atoms with Crippen LogP contribution in [0.4, 0.5) is 0 Å². The summed E-state index contributed by atoms with van der Waals surface area (Å²) in [7, 11) is 0. The molecule has 0 aliphatic rings. The first-order valence-electron chi connectivity index (χ1n) is 13.4. The van der Waals surface area contributed by atoms with Crippen molar-refractivity contribution in [2.45, 2.75) is 52.3 Å². The van der Waals surface area contributed by atoms with E-state index >= 15 is 0 Å². The van der Waals surface area contributed by atoms with Crippen LogP contribution in [0.5, 0.6) is 11.5 Å². The van der Waals surface area contributed by atoms with Gasteiger partial charge in [0.1, 0.15) is 11.5 Å². The molecule has 0 radical (unpaired) electrons. The lowest BCUT2D eigenvalue weighted by molar-refractivity contribution is 0.472. The van der Waals surface area contributed by atoms with Crippen LogP contribution in [0.25, 0.3) is 12.2 Å². The Morgan fingerprint density at radius 1 is 0.538 bits per heavy atom. The summed E-state index contributed by atoms with van der Waals surface area (Å²) in [5.41, 5.74) is 11.9. The van der Waals surface area contributed by atoms with Gasteiger partial charge in [-0.3, -0.25) is 0 Å². The Hall–Kier alpha value is -3.26. The minimum absolute atomic E-state index is 0.540. The second-order valence-corrected chi connectivity index (χ2v) is 10.7. The second-order valence-electron chi connectivity index (χ2n) is 10.2. The molecule has 0 aliphatic carbocycles. The van der Waals surface area contributed by atoms with E-state index in [1.54, 1.807) is 0 Å². The Morgan fingerprint density at radius 3 is 1.36 bits per heavy atom. The number of ether oxygens (including phenoxy) is 1. The van der Waals surface area contributed by atoms with Gasteiger partial charge in [0.25, 0.3) is 0 Å². The lowest BCUT2D eigenvalue weighted by atomic mass is 10.0. The maximum atomic E-state index is 6.56. The predicted octanol–water partition coefficient (Wildman–Crippen LogP) is 10.7. The van der Waals surface area contributed by atoms with Crippen molar-refractivity contribution in [2.24, 2.45) is 0 Å². The molecule has 0 heterocycles. The van der Waals surface area contributed by atoms with Crippen LogP contribution in [0.3, 0.4) is 0 Å². The third kappa shape index (κ3) is 7.88. The highest BCUT2D eigenvalue weighted by Crippen LogP contribution is 2.31. The summed E-state index contributed by atoms with van der Waals surface area (Å²) < 4.78 is 6.56. The van der Waals surface area contributed by atoms with E-state index in [9.17, 15) is 0 Å². The van der Waals surface area contributed by atoms with Crippen molar-refractivity contribution in [3.63, 3.8) is 0 Å². The third-order valence-electron chi connectivity index (χ3n) is 6.97. The van der Waals surface area contributed by atoms with Gasteiger partial charge in [-0.1, -0.05) is 96.1 Å². The Balaban J connectivity index is 1.52. The Labute approximate surface area is 243 Å². The molecule has 0 spiro atoms. The topological polar surface area (TPSA) is 9.23 Å². The van der Waals surface area contributed by atoms with Crippen molar-refractivity contribution in [1.29, 1.82) is 0 Å². The van der Waals surface area contributed by atoms with Crippen LogP contribution in [0.2, 0.25) is 0 Å². The molecule has 0 amide bonds. The zero-order valence-corrected chi connectivity index (χ0v) is 24.7. The summed E-state index contributed by atoms with van der Waals surface area (Å²) in [5.74, 6) is 2.86. The van der Waals surface area contributed by atoms with Gasteiger partial charge in [0.2, 0.25) is 0 Å². The van der Waals surface area contributed by atoms with Crippen molar-refractivity contribution in [2.75, 3.05) is 0 Å². The molecule has 0 bridgehead atoms. The number of alkyl halides is 2. The van der Waals surface area contributed by atoms with Gasteiger partial charge >= 0.3 is 0 Å². The average molecular weight is 556 g/mol. The van der Waals surface area contributed by atoms with Gasteiger partial charge in [0.15, 0.2) is 0 Å². The molecule has 0 saturated heterocycles. The fraction of sp³-hybridized carbons (Fsp3) is 0.222. The van der Waals surface area contributed by atoms with Gasteiger partial charge in [0.05, 0.1) is 0 Å². The van der Waals surface area contributed by atoms with Gasteiger partial charge in [-0.05, 0) is 97.2 Å². The second kappa shape index (κ2) is 13.7. The van der Waals surface area contributed by atoms with Crippen LogP contribution in [0.1, 0.15) is 55.6 Å². The van der Waals surface area contributed by atoms with Gasteiger partial charge in [-0.2, -0.15) is 0 Å². The normalized spacial score (nSPS) is 11.5. The SMILES string of the molecule is Cc1ccc(Oc2ccc(C)cc2C/C=C/c2ccc(CCl)c(C)c2)c(C/C=C/c2ccc(CCl)c(C)c2)c1. The van der Waals surface area contributed by atoms with Crippen LogP contribution < -0.4 is 4.74 Å². The first kappa shape index (κ1) is 28.7. The molecule has 0 unspecified atom stereocenters. The first-order valence-corrected chi connectivity index (χ1v) is 14.4. The van der Waals surface area contributed by atoms with Gasteiger partial charge < -0.3 is 4.74 Å². The average Bonchev–Trinajstić information content (AvgIpc) is 2.91. The maximum absolute atomic E-state index is 6.56. The summed E-state index contributed by atoms with van der Waals surface area (Å²) in [6.07, 6.45) is 10.3. The van der Waals surface area contributed by atoms with Crippen LogP contribution in [0.15, 0.2) is 84.9 Å². The van der Waals surface area contributed by atoms with E-state index in [4.69, 9.17) is 27.9 Å². The number of allylic oxidation sites excluding steroid dienone is 2. The van der Waals surface area contributed by atoms with Gasteiger partial charge in [0, 0.05) is 11.8 Å². The highest BCUT2D eigenvalue weighted by atomic mass is 35.5. The highest BCUT2D eigenvalue weighted by molar-refractivity contribution is 6.17. The lowest BCUT2D eigenvalue weighted by Gasteiger charge is -2.15. The molecule has 4 rings (SSSR count). The molecule has 0 aliphatic heterocycles. The fourth-order valence-corrected chi connectivity index (χ4v) is 5.24. The molecule has 1 nitrogen and oxygen atoms in total. The summed E-state index contributed by atoms with van der Waals surface area (Å²) >= 11 is 12.0. The quantitative estimate of drug-likeness (QED) is 0.177. The van der Waals surface area contributed by atoms with E-state index in [1.807, 2.05) is 0 Å². The fourth-order valence-electron chi connectivity index (χ4n) is 4.64. The molecule has 3 heteroatoms.